The molecule has 0 N–H and O–H groups in total. The second-order valence-electron chi connectivity index (χ2n) is 9.82. The maximum absolute atomic E-state index is 13.5. The number of halogens is 3. The fourth-order valence-corrected chi connectivity index (χ4v) is 5.01. The topological polar surface area (TPSA) is 52.9 Å². The van der Waals surface area contributed by atoms with Crippen LogP contribution in [0.3, 0.4) is 0 Å². The summed E-state index contributed by atoms with van der Waals surface area (Å²) in [5, 5.41) is 0.796. The van der Waals surface area contributed by atoms with E-state index in [1.54, 1.807) is 6.92 Å². The van der Waals surface area contributed by atoms with Crippen molar-refractivity contribution < 1.29 is 32.2 Å². The molecule has 0 radical (unpaired) electrons. The molecule has 1 fully saturated rings. The van der Waals surface area contributed by atoms with Crippen molar-refractivity contribution >= 4 is 22.6 Å². The maximum Gasteiger partial charge on any atom is 0.416 e. The van der Waals surface area contributed by atoms with Crippen molar-refractivity contribution in [1.29, 1.82) is 0 Å². The molecule has 9 heteroatoms. The lowest BCUT2D eigenvalue weighted by Crippen LogP contribution is -2.37. The lowest BCUT2D eigenvalue weighted by molar-refractivity contribution is -0.137. The number of aromatic nitrogens is 1. The number of morpholine rings is 1. The van der Waals surface area contributed by atoms with E-state index in [9.17, 15) is 18.0 Å². The maximum atomic E-state index is 13.5. The molecule has 0 bridgehead atoms. The van der Waals surface area contributed by atoms with E-state index in [-0.39, 0.29) is 12.7 Å². The van der Waals surface area contributed by atoms with Crippen LogP contribution in [0.2, 0.25) is 0 Å². The van der Waals surface area contributed by atoms with E-state index in [1.807, 2.05) is 60.9 Å². The third-order valence-electron chi connectivity index (χ3n) is 6.75. The number of hydrogen-bond acceptors (Lipinski definition) is 5. The van der Waals surface area contributed by atoms with Crippen LogP contribution in [0.25, 0.3) is 27.7 Å². The van der Waals surface area contributed by atoms with Gasteiger partial charge >= 0.3 is 12.1 Å². The van der Waals surface area contributed by atoms with Crippen molar-refractivity contribution in [3.05, 3.63) is 78.0 Å². The summed E-state index contributed by atoms with van der Waals surface area (Å²) in [6, 6.07) is 18.3. The van der Waals surface area contributed by atoms with Crippen molar-refractivity contribution in [3.8, 4) is 22.6 Å². The SMILES string of the molecule is CCOC(=O)c1c(N2CCOCC2)c2cc(-c3ccc(C(F)(F)F)cc3)ccc2n1-c1ccc(OC(C)C)cc1. The van der Waals surface area contributed by atoms with Gasteiger partial charge in [0.1, 0.15) is 5.75 Å². The molecule has 6 nitrogen and oxygen atoms in total. The molecular weight excluding hydrogens is 521 g/mol. The Hall–Kier alpha value is -3.98. The summed E-state index contributed by atoms with van der Waals surface area (Å²) in [6.45, 7) is 8.06. The quantitative estimate of drug-likeness (QED) is 0.229. The molecule has 1 aromatic heterocycles. The van der Waals surface area contributed by atoms with Gasteiger partial charge in [-0.3, -0.25) is 0 Å². The van der Waals surface area contributed by atoms with Gasteiger partial charge in [-0.15, -0.1) is 0 Å². The summed E-state index contributed by atoms with van der Waals surface area (Å²) in [5.41, 5.74) is 3.32. The van der Waals surface area contributed by atoms with Gasteiger partial charge in [0.15, 0.2) is 5.69 Å². The van der Waals surface area contributed by atoms with Crippen LogP contribution < -0.4 is 9.64 Å². The second kappa shape index (κ2) is 11.3. The molecule has 2 heterocycles. The molecule has 1 aliphatic rings. The second-order valence-corrected chi connectivity index (χ2v) is 9.82. The number of fused-ring (bicyclic) bond motifs is 1. The molecule has 0 unspecified atom stereocenters. The van der Waals surface area contributed by atoms with Gasteiger partial charge in [0, 0.05) is 24.2 Å². The molecule has 210 valence electrons. The summed E-state index contributed by atoms with van der Waals surface area (Å²) < 4.78 is 58.3. The molecule has 40 heavy (non-hydrogen) atoms. The van der Waals surface area contributed by atoms with E-state index < -0.39 is 17.7 Å². The lowest BCUT2D eigenvalue weighted by Gasteiger charge is -2.29. The number of anilines is 1. The Morgan fingerprint density at radius 2 is 1.60 bits per heavy atom. The molecule has 5 rings (SSSR count). The van der Waals surface area contributed by atoms with Crippen LogP contribution in [0, 0.1) is 0 Å². The molecule has 0 amide bonds. The first kappa shape index (κ1) is 27.6. The van der Waals surface area contributed by atoms with Crippen molar-refractivity contribution in [2.24, 2.45) is 0 Å². The van der Waals surface area contributed by atoms with Crippen molar-refractivity contribution in [1.82, 2.24) is 4.57 Å². The van der Waals surface area contributed by atoms with Crippen LogP contribution in [0.1, 0.15) is 36.8 Å². The minimum atomic E-state index is -4.41. The smallest absolute Gasteiger partial charge is 0.416 e. The number of ether oxygens (including phenoxy) is 3. The highest BCUT2D eigenvalue weighted by Gasteiger charge is 2.31. The molecule has 1 aliphatic heterocycles. The third kappa shape index (κ3) is 5.51. The minimum Gasteiger partial charge on any atom is -0.491 e. The van der Waals surface area contributed by atoms with Gasteiger partial charge in [-0.25, -0.2) is 4.79 Å². The highest BCUT2D eigenvalue weighted by molar-refractivity contribution is 6.09. The number of benzene rings is 3. The molecule has 0 atom stereocenters. The molecule has 0 spiro atoms. The van der Waals surface area contributed by atoms with Gasteiger partial charge in [-0.2, -0.15) is 13.2 Å². The standard InChI is InChI=1S/C31H31F3N2O4/c1-4-39-30(37)29-28(35-15-17-38-18-16-35)26-19-22(21-5-8-23(9-6-21)31(32,33)34)7-14-27(26)36(29)24-10-12-25(13-11-24)40-20(2)3/h5-14,19-20H,4,15-18H2,1-3H3. The van der Waals surface area contributed by atoms with E-state index in [0.717, 1.165) is 34.3 Å². The number of nitrogens with zero attached hydrogens (tertiary/aromatic N) is 2. The number of alkyl halides is 3. The van der Waals surface area contributed by atoms with Crippen LogP contribution in [0.5, 0.6) is 5.75 Å². The zero-order valence-electron chi connectivity index (χ0n) is 22.6. The highest BCUT2D eigenvalue weighted by atomic mass is 19.4. The van der Waals surface area contributed by atoms with E-state index in [2.05, 4.69) is 4.90 Å². The summed E-state index contributed by atoms with van der Waals surface area (Å²) in [4.78, 5) is 15.7. The number of carbonyl (C=O) groups excluding carboxylic acids is 1. The van der Waals surface area contributed by atoms with Crippen LogP contribution in [-0.4, -0.2) is 49.6 Å². The zero-order valence-corrected chi connectivity index (χ0v) is 22.6. The molecule has 4 aromatic rings. The summed E-state index contributed by atoms with van der Waals surface area (Å²) >= 11 is 0. The van der Waals surface area contributed by atoms with E-state index in [1.165, 1.54) is 12.1 Å². The fraction of sp³-hybridized carbons (Fsp3) is 0.323. The number of esters is 1. The van der Waals surface area contributed by atoms with E-state index >= 15 is 0 Å². The molecule has 3 aromatic carbocycles. The average molecular weight is 553 g/mol. The molecule has 1 saturated heterocycles. The Morgan fingerprint density at radius 1 is 0.950 bits per heavy atom. The first-order chi connectivity index (χ1) is 19.2. The molecule has 0 saturated carbocycles. The fourth-order valence-electron chi connectivity index (χ4n) is 5.01. The normalized spacial score (nSPS) is 14.1. The summed E-state index contributed by atoms with van der Waals surface area (Å²) in [5.74, 6) is 0.254. The average Bonchev–Trinajstić information content (AvgIpc) is 3.28. The van der Waals surface area contributed by atoms with E-state index in [4.69, 9.17) is 14.2 Å². The van der Waals surface area contributed by atoms with Gasteiger partial charge in [0.2, 0.25) is 0 Å². The molecule has 0 aliphatic carbocycles. The van der Waals surface area contributed by atoms with E-state index in [0.29, 0.717) is 49.0 Å². The van der Waals surface area contributed by atoms with Crippen LogP contribution in [-0.2, 0) is 15.7 Å². The van der Waals surface area contributed by atoms with Crippen LogP contribution >= 0.6 is 0 Å². The first-order valence-electron chi connectivity index (χ1n) is 13.3. The Morgan fingerprint density at radius 3 is 2.20 bits per heavy atom. The van der Waals surface area contributed by atoms with Gasteiger partial charge in [0.25, 0.3) is 0 Å². The highest BCUT2D eigenvalue weighted by Crippen LogP contribution is 2.40. The predicted octanol–water partition coefficient (Wildman–Crippen LogP) is 7.12. The number of rotatable bonds is 7. The van der Waals surface area contributed by atoms with Crippen LogP contribution in [0.15, 0.2) is 66.7 Å². The van der Waals surface area contributed by atoms with Crippen molar-refractivity contribution in [3.63, 3.8) is 0 Å². The largest absolute Gasteiger partial charge is 0.491 e. The van der Waals surface area contributed by atoms with Crippen LogP contribution in [0.4, 0.5) is 18.9 Å². The Labute approximate surface area is 230 Å². The van der Waals surface area contributed by atoms with Crippen molar-refractivity contribution in [2.45, 2.75) is 33.1 Å². The third-order valence-corrected chi connectivity index (χ3v) is 6.75. The molecular formula is C31H31F3N2O4. The van der Waals surface area contributed by atoms with Gasteiger partial charge in [-0.05, 0) is 80.4 Å². The predicted molar refractivity (Wildman–Crippen MR) is 148 cm³/mol. The van der Waals surface area contributed by atoms with Gasteiger partial charge in [-0.1, -0.05) is 18.2 Å². The monoisotopic (exact) mass is 552 g/mol. The zero-order chi connectivity index (χ0) is 28.4. The minimum absolute atomic E-state index is 0.0184. The Balaban J connectivity index is 1.72. The van der Waals surface area contributed by atoms with Crippen molar-refractivity contribution in [2.75, 3.05) is 37.8 Å². The number of carbonyl (C=O) groups is 1. The number of hydrogen-bond donors (Lipinski definition) is 0. The Kier molecular flexibility index (Phi) is 7.76. The summed E-state index contributed by atoms with van der Waals surface area (Å²) in [7, 11) is 0. The Bertz CT molecular complexity index is 1490. The van der Waals surface area contributed by atoms with Gasteiger partial charge in [0.05, 0.1) is 42.7 Å². The summed E-state index contributed by atoms with van der Waals surface area (Å²) in [6.07, 6.45) is -4.39. The lowest BCUT2D eigenvalue weighted by atomic mass is 10.0. The van der Waals surface area contributed by atoms with Gasteiger partial charge < -0.3 is 23.7 Å². The first-order valence-corrected chi connectivity index (χ1v) is 13.3.